The monoisotopic (exact) mass is 194 g/mol. The predicted octanol–water partition coefficient (Wildman–Crippen LogP) is -2.38. The third kappa shape index (κ3) is 3.02. The van der Waals surface area contributed by atoms with Gasteiger partial charge in [0, 0.05) is 6.61 Å². The van der Waals surface area contributed by atoms with Crippen LogP contribution in [0.25, 0.3) is 0 Å². The van der Waals surface area contributed by atoms with Gasteiger partial charge in [0.2, 0.25) is 0 Å². The summed E-state index contributed by atoms with van der Waals surface area (Å²) < 4.78 is 4.53. The van der Waals surface area contributed by atoms with Crippen molar-refractivity contribution in [2.75, 3.05) is 13.2 Å². The van der Waals surface area contributed by atoms with Crippen LogP contribution in [0.3, 0.4) is 0 Å². The van der Waals surface area contributed by atoms with Gasteiger partial charge in [-0.2, -0.15) is 0 Å². The molecule has 0 amide bonds. The van der Waals surface area contributed by atoms with E-state index in [0.717, 1.165) is 0 Å². The maximum Gasteiger partial charge on any atom is 0.252 e. The van der Waals surface area contributed by atoms with Gasteiger partial charge in [0.1, 0.15) is 12.2 Å². The normalized spacial score (nSPS) is 20.4. The molecule has 13 heavy (non-hydrogen) atoms. The summed E-state index contributed by atoms with van der Waals surface area (Å²) in [4.78, 5) is 10.4. The lowest BCUT2D eigenvalue weighted by Crippen LogP contribution is -2.53. The van der Waals surface area contributed by atoms with E-state index in [2.05, 4.69) is 4.74 Å². The summed E-state index contributed by atoms with van der Waals surface area (Å²) in [5.41, 5.74) is 0. The third-order valence-corrected chi connectivity index (χ3v) is 1.52. The fourth-order valence-electron chi connectivity index (χ4n) is 0.796. The lowest BCUT2D eigenvalue weighted by Gasteiger charge is -2.29. The molecular formula is C7H14O6. The number of ether oxygens (including phenoxy) is 1. The quantitative estimate of drug-likeness (QED) is 0.278. The summed E-state index contributed by atoms with van der Waals surface area (Å²) in [5.74, 6) is -2.46. The summed E-state index contributed by atoms with van der Waals surface area (Å²) in [6.07, 6.45) is -3.52. The minimum Gasteiger partial charge on any atom is -0.394 e. The van der Waals surface area contributed by atoms with E-state index < -0.39 is 24.6 Å². The van der Waals surface area contributed by atoms with Gasteiger partial charge < -0.3 is 25.2 Å². The number of rotatable bonds is 6. The second kappa shape index (κ2) is 5.25. The van der Waals surface area contributed by atoms with Crippen LogP contribution in [0, 0.1) is 0 Å². The van der Waals surface area contributed by atoms with Crippen molar-refractivity contribution in [2.24, 2.45) is 0 Å². The summed E-state index contributed by atoms with van der Waals surface area (Å²) in [5, 5.41) is 35.8. The Labute approximate surface area is 75.4 Å². The topological polar surface area (TPSA) is 107 Å². The number of aldehydes is 1. The maximum absolute atomic E-state index is 10.4. The molecule has 78 valence electrons. The summed E-state index contributed by atoms with van der Waals surface area (Å²) in [7, 11) is 0. The standard InChI is InChI=1S/C7H14O6/c1-2-13-7(12,4-9)6(11)5(10)3-8/h4-6,8,10-12H,2-3H2,1H3/t5-,6-,7-/m1/s1. The van der Waals surface area contributed by atoms with Gasteiger partial charge >= 0.3 is 0 Å². The van der Waals surface area contributed by atoms with Crippen LogP contribution in [0.4, 0.5) is 0 Å². The Morgan fingerprint density at radius 1 is 1.54 bits per heavy atom. The zero-order chi connectivity index (χ0) is 10.5. The first kappa shape index (κ1) is 12.5. The number of carbonyl (C=O) groups is 1. The van der Waals surface area contributed by atoms with Crippen molar-refractivity contribution in [3.8, 4) is 0 Å². The van der Waals surface area contributed by atoms with E-state index in [1.54, 1.807) is 0 Å². The van der Waals surface area contributed by atoms with Gasteiger partial charge in [0.25, 0.3) is 5.79 Å². The summed E-state index contributed by atoms with van der Waals surface area (Å²) in [6.45, 7) is 0.724. The Morgan fingerprint density at radius 2 is 2.08 bits per heavy atom. The molecule has 0 unspecified atom stereocenters. The minimum atomic E-state index is -2.46. The van der Waals surface area contributed by atoms with Gasteiger partial charge in [-0.1, -0.05) is 0 Å². The molecule has 6 heteroatoms. The Hall–Kier alpha value is -0.530. The molecule has 0 heterocycles. The van der Waals surface area contributed by atoms with Crippen LogP contribution in [0.5, 0.6) is 0 Å². The van der Waals surface area contributed by atoms with E-state index in [1.165, 1.54) is 6.92 Å². The second-order valence-electron chi connectivity index (χ2n) is 2.50. The van der Waals surface area contributed by atoms with E-state index in [9.17, 15) is 9.90 Å². The third-order valence-electron chi connectivity index (χ3n) is 1.52. The predicted molar refractivity (Wildman–Crippen MR) is 41.7 cm³/mol. The number of hydrogen-bond acceptors (Lipinski definition) is 6. The van der Waals surface area contributed by atoms with Gasteiger partial charge in [-0.25, -0.2) is 0 Å². The van der Waals surface area contributed by atoms with Crippen LogP contribution in [0.15, 0.2) is 0 Å². The Bertz CT molecular complexity index is 161. The van der Waals surface area contributed by atoms with Crippen molar-refractivity contribution < 1.29 is 30.0 Å². The highest BCUT2D eigenvalue weighted by Gasteiger charge is 2.40. The lowest BCUT2D eigenvalue weighted by molar-refractivity contribution is -0.251. The molecule has 0 aliphatic heterocycles. The van der Waals surface area contributed by atoms with Gasteiger partial charge in [-0.3, -0.25) is 4.79 Å². The fourth-order valence-corrected chi connectivity index (χ4v) is 0.796. The van der Waals surface area contributed by atoms with Gasteiger partial charge in [-0.05, 0) is 6.92 Å². The molecule has 0 rings (SSSR count). The van der Waals surface area contributed by atoms with E-state index in [-0.39, 0.29) is 12.9 Å². The van der Waals surface area contributed by atoms with Gasteiger partial charge in [0.15, 0.2) is 6.29 Å². The van der Waals surface area contributed by atoms with Crippen LogP contribution in [0.2, 0.25) is 0 Å². The molecule has 0 aromatic heterocycles. The molecule has 0 spiro atoms. The molecule has 0 saturated heterocycles. The van der Waals surface area contributed by atoms with Crippen molar-refractivity contribution in [1.29, 1.82) is 0 Å². The molecule has 4 N–H and O–H groups in total. The smallest absolute Gasteiger partial charge is 0.252 e. The Balaban J connectivity index is 4.44. The number of aliphatic hydroxyl groups is 4. The second-order valence-corrected chi connectivity index (χ2v) is 2.50. The minimum absolute atomic E-state index is 0.00948. The van der Waals surface area contributed by atoms with E-state index in [4.69, 9.17) is 15.3 Å². The summed E-state index contributed by atoms with van der Waals surface area (Å²) in [6, 6.07) is 0. The number of aliphatic hydroxyl groups excluding tert-OH is 3. The highest BCUT2D eigenvalue weighted by Crippen LogP contribution is 2.13. The molecule has 0 saturated carbocycles. The molecule has 0 fully saturated rings. The molecule has 0 aromatic rings. The van der Waals surface area contributed by atoms with Crippen molar-refractivity contribution in [3.63, 3.8) is 0 Å². The first-order valence-electron chi connectivity index (χ1n) is 3.81. The first-order valence-corrected chi connectivity index (χ1v) is 3.81. The molecule has 0 bridgehead atoms. The molecule has 0 radical (unpaired) electrons. The van der Waals surface area contributed by atoms with Crippen molar-refractivity contribution >= 4 is 6.29 Å². The Kier molecular flexibility index (Phi) is 5.04. The van der Waals surface area contributed by atoms with Crippen molar-refractivity contribution in [1.82, 2.24) is 0 Å². The highest BCUT2D eigenvalue weighted by atomic mass is 16.6. The fraction of sp³-hybridized carbons (Fsp3) is 0.857. The highest BCUT2D eigenvalue weighted by molar-refractivity contribution is 5.61. The van der Waals surface area contributed by atoms with E-state index >= 15 is 0 Å². The van der Waals surface area contributed by atoms with Crippen LogP contribution in [-0.2, 0) is 9.53 Å². The van der Waals surface area contributed by atoms with Crippen molar-refractivity contribution in [3.05, 3.63) is 0 Å². The number of carbonyl (C=O) groups excluding carboxylic acids is 1. The zero-order valence-corrected chi connectivity index (χ0v) is 7.25. The Morgan fingerprint density at radius 3 is 2.38 bits per heavy atom. The van der Waals surface area contributed by atoms with Gasteiger partial charge in [0.05, 0.1) is 6.61 Å². The van der Waals surface area contributed by atoms with E-state index in [1.807, 2.05) is 0 Å². The average molecular weight is 194 g/mol. The molecule has 6 nitrogen and oxygen atoms in total. The molecular weight excluding hydrogens is 180 g/mol. The molecule has 3 atom stereocenters. The lowest BCUT2D eigenvalue weighted by atomic mass is 10.1. The zero-order valence-electron chi connectivity index (χ0n) is 7.25. The molecule has 0 aromatic carbocycles. The molecule has 0 aliphatic carbocycles. The van der Waals surface area contributed by atoms with Crippen LogP contribution in [-0.4, -0.2) is 57.9 Å². The summed E-state index contributed by atoms with van der Waals surface area (Å²) >= 11 is 0. The van der Waals surface area contributed by atoms with E-state index in [0.29, 0.717) is 0 Å². The van der Waals surface area contributed by atoms with Crippen LogP contribution < -0.4 is 0 Å². The first-order chi connectivity index (χ1) is 6.01. The van der Waals surface area contributed by atoms with Crippen molar-refractivity contribution in [2.45, 2.75) is 24.9 Å². The van der Waals surface area contributed by atoms with Gasteiger partial charge in [-0.15, -0.1) is 0 Å². The SMILES string of the molecule is CCO[C@](O)(C=O)[C@H](O)[C@H](O)CO. The largest absolute Gasteiger partial charge is 0.394 e. The van der Waals surface area contributed by atoms with Crippen LogP contribution >= 0.6 is 0 Å². The molecule has 0 aliphatic rings. The average Bonchev–Trinajstić information content (AvgIpc) is 2.15. The van der Waals surface area contributed by atoms with Crippen LogP contribution in [0.1, 0.15) is 6.92 Å². The number of hydrogen-bond donors (Lipinski definition) is 4. The maximum atomic E-state index is 10.4.